The molecule has 2 rings (SSSR count). The van der Waals surface area contributed by atoms with Crippen LogP contribution in [-0.2, 0) is 0 Å². The maximum atomic E-state index is 14.0. The van der Waals surface area contributed by atoms with Gasteiger partial charge in [-0.1, -0.05) is 6.07 Å². The number of methoxy groups -OCH3 is 2. The van der Waals surface area contributed by atoms with Crippen molar-refractivity contribution in [2.24, 2.45) is 0 Å². The molecule has 0 radical (unpaired) electrons. The van der Waals surface area contributed by atoms with Crippen molar-refractivity contribution in [3.63, 3.8) is 0 Å². The van der Waals surface area contributed by atoms with Crippen LogP contribution in [0.3, 0.4) is 0 Å². The van der Waals surface area contributed by atoms with Crippen LogP contribution < -0.4 is 9.47 Å². The van der Waals surface area contributed by atoms with Crippen molar-refractivity contribution < 1.29 is 23.4 Å². The Hall–Kier alpha value is -1.66. The van der Waals surface area contributed by atoms with E-state index in [0.717, 1.165) is 6.07 Å². The molecule has 0 fully saturated rings. The van der Waals surface area contributed by atoms with E-state index in [1.165, 1.54) is 38.5 Å². The van der Waals surface area contributed by atoms with Crippen molar-refractivity contribution in [2.75, 3.05) is 14.2 Å². The Morgan fingerprint density at radius 1 is 1.05 bits per heavy atom. The van der Waals surface area contributed by atoms with Gasteiger partial charge in [-0.15, -0.1) is 0 Å². The summed E-state index contributed by atoms with van der Waals surface area (Å²) in [4.78, 5) is 0. The minimum atomic E-state index is -1.35. The highest BCUT2D eigenvalue weighted by atomic mass is 79.9. The van der Waals surface area contributed by atoms with Gasteiger partial charge in [-0.25, -0.2) is 8.78 Å². The average molecular weight is 359 g/mol. The zero-order valence-corrected chi connectivity index (χ0v) is 12.9. The summed E-state index contributed by atoms with van der Waals surface area (Å²) >= 11 is 3.04. The lowest BCUT2D eigenvalue weighted by atomic mass is 9.99. The van der Waals surface area contributed by atoms with Crippen molar-refractivity contribution in [2.45, 2.75) is 6.10 Å². The molecule has 2 aromatic carbocycles. The average Bonchev–Trinajstić information content (AvgIpc) is 2.48. The minimum Gasteiger partial charge on any atom is -0.496 e. The van der Waals surface area contributed by atoms with E-state index in [9.17, 15) is 13.9 Å². The molecule has 1 atom stereocenters. The Morgan fingerprint density at radius 2 is 1.71 bits per heavy atom. The van der Waals surface area contributed by atoms with E-state index < -0.39 is 17.7 Å². The van der Waals surface area contributed by atoms with Gasteiger partial charge in [0.2, 0.25) is 0 Å². The van der Waals surface area contributed by atoms with Gasteiger partial charge >= 0.3 is 0 Å². The number of hydrogen-bond donors (Lipinski definition) is 1. The second kappa shape index (κ2) is 6.41. The number of rotatable bonds is 4. The van der Waals surface area contributed by atoms with Crippen LogP contribution in [0, 0.1) is 11.6 Å². The normalized spacial score (nSPS) is 12.1. The SMILES string of the molecule is COc1cc(F)c(Br)cc1C(O)c1c(F)cccc1OC. The Morgan fingerprint density at radius 3 is 2.33 bits per heavy atom. The molecular weight excluding hydrogens is 346 g/mol. The predicted molar refractivity (Wildman–Crippen MR) is 77.7 cm³/mol. The Balaban J connectivity index is 2.60. The third-order valence-electron chi connectivity index (χ3n) is 3.07. The first-order valence-electron chi connectivity index (χ1n) is 6.03. The molecule has 3 nitrogen and oxygen atoms in total. The fourth-order valence-corrected chi connectivity index (χ4v) is 2.41. The van der Waals surface area contributed by atoms with Gasteiger partial charge in [-0.2, -0.15) is 0 Å². The first-order valence-corrected chi connectivity index (χ1v) is 6.82. The number of aliphatic hydroxyl groups is 1. The molecule has 0 aromatic heterocycles. The van der Waals surface area contributed by atoms with Gasteiger partial charge in [-0.05, 0) is 34.1 Å². The molecule has 0 saturated heterocycles. The molecule has 0 aliphatic carbocycles. The molecule has 0 aliphatic rings. The maximum Gasteiger partial charge on any atom is 0.141 e. The van der Waals surface area contributed by atoms with Crippen molar-refractivity contribution in [3.8, 4) is 11.5 Å². The molecule has 1 N–H and O–H groups in total. The lowest BCUT2D eigenvalue weighted by molar-refractivity contribution is 0.203. The van der Waals surface area contributed by atoms with Crippen molar-refractivity contribution >= 4 is 15.9 Å². The van der Waals surface area contributed by atoms with Gasteiger partial charge in [0.1, 0.15) is 29.2 Å². The lowest BCUT2D eigenvalue weighted by Crippen LogP contribution is -2.07. The predicted octanol–water partition coefficient (Wildman–Crippen LogP) is 3.83. The highest BCUT2D eigenvalue weighted by Crippen LogP contribution is 2.38. The van der Waals surface area contributed by atoms with Crippen molar-refractivity contribution in [3.05, 3.63) is 57.6 Å². The quantitative estimate of drug-likeness (QED) is 0.902. The van der Waals surface area contributed by atoms with Gasteiger partial charge in [0.05, 0.1) is 24.3 Å². The monoisotopic (exact) mass is 358 g/mol. The zero-order chi connectivity index (χ0) is 15.6. The van der Waals surface area contributed by atoms with Crippen LogP contribution in [0.2, 0.25) is 0 Å². The molecule has 0 aliphatic heterocycles. The molecule has 1 unspecified atom stereocenters. The summed E-state index contributed by atoms with van der Waals surface area (Å²) in [7, 11) is 2.72. The molecule has 0 amide bonds. The van der Waals surface area contributed by atoms with Crippen LogP contribution in [-0.4, -0.2) is 19.3 Å². The summed E-state index contributed by atoms with van der Waals surface area (Å²) < 4.78 is 37.8. The molecule has 0 heterocycles. The first-order chi connectivity index (χ1) is 9.99. The van der Waals surface area contributed by atoms with Crippen molar-refractivity contribution in [1.82, 2.24) is 0 Å². The van der Waals surface area contributed by atoms with Gasteiger partial charge in [-0.3, -0.25) is 0 Å². The van der Waals surface area contributed by atoms with Gasteiger partial charge in [0.25, 0.3) is 0 Å². The number of hydrogen-bond acceptors (Lipinski definition) is 3. The zero-order valence-electron chi connectivity index (χ0n) is 11.4. The van der Waals surface area contributed by atoms with Crippen LogP contribution >= 0.6 is 15.9 Å². The van der Waals surface area contributed by atoms with Crippen LogP contribution in [0.1, 0.15) is 17.2 Å². The summed E-state index contributed by atoms with van der Waals surface area (Å²) in [5.74, 6) is -0.842. The molecule has 0 spiro atoms. The first kappa shape index (κ1) is 15.7. The number of ether oxygens (including phenoxy) is 2. The van der Waals surface area contributed by atoms with E-state index in [0.29, 0.717) is 0 Å². The Bertz CT molecular complexity index is 662. The largest absolute Gasteiger partial charge is 0.496 e. The van der Waals surface area contributed by atoms with Gasteiger partial charge in [0, 0.05) is 11.6 Å². The number of aliphatic hydroxyl groups excluding tert-OH is 1. The molecule has 6 heteroatoms. The van der Waals surface area contributed by atoms with Gasteiger partial charge < -0.3 is 14.6 Å². The van der Waals surface area contributed by atoms with E-state index in [4.69, 9.17) is 9.47 Å². The minimum absolute atomic E-state index is 0.0307. The third-order valence-corrected chi connectivity index (χ3v) is 3.68. The topological polar surface area (TPSA) is 38.7 Å². The molecule has 112 valence electrons. The fourth-order valence-electron chi connectivity index (χ4n) is 2.05. The van der Waals surface area contributed by atoms with Crippen LogP contribution in [0.15, 0.2) is 34.8 Å². The third kappa shape index (κ3) is 3.01. The summed E-state index contributed by atoms with van der Waals surface area (Å²) in [5.41, 5.74) is 0.200. The molecular formula is C15H13BrF2O3. The maximum absolute atomic E-state index is 14.0. The molecule has 0 bridgehead atoms. The van der Waals surface area contributed by atoms with Crippen molar-refractivity contribution in [1.29, 1.82) is 0 Å². The Labute approximate surface area is 129 Å². The Kier molecular flexibility index (Phi) is 4.80. The van der Waals surface area contributed by atoms with E-state index in [1.807, 2.05) is 0 Å². The second-order valence-electron chi connectivity index (χ2n) is 4.27. The fraction of sp³-hybridized carbons (Fsp3) is 0.200. The number of benzene rings is 2. The smallest absolute Gasteiger partial charge is 0.141 e. The van der Waals surface area contributed by atoms with E-state index >= 15 is 0 Å². The van der Waals surface area contributed by atoms with E-state index in [1.54, 1.807) is 0 Å². The van der Waals surface area contributed by atoms with Crippen LogP contribution in [0.4, 0.5) is 8.78 Å². The van der Waals surface area contributed by atoms with Crippen LogP contribution in [0.5, 0.6) is 11.5 Å². The lowest BCUT2D eigenvalue weighted by Gasteiger charge is -2.18. The number of halogens is 3. The summed E-state index contributed by atoms with van der Waals surface area (Å²) in [6.45, 7) is 0. The molecule has 21 heavy (non-hydrogen) atoms. The van der Waals surface area contributed by atoms with Gasteiger partial charge in [0.15, 0.2) is 0 Å². The van der Waals surface area contributed by atoms with Crippen LogP contribution in [0.25, 0.3) is 0 Å². The summed E-state index contributed by atoms with van der Waals surface area (Å²) in [5, 5.41) is 10.5. The summed E-state index contributed by atoms with van der Waals surface area (Å²) in [6.07, 6.45) is -1.35. The van der Waals surface area contributed by atoms with E-state index in [-0.39, 0.29) is 27.1 Å². The highest BCUT2D eigenvalue weighted by Gasteiger charge is 2.24. The second-order valence-corrected chi connectivity index (χ2v) is 5.12. The molecule has 0 saturated carbocycles. The molecule has 2 aromatic rings. The summed E-state index contributed by atoms with van der Waals surface area (Å²) in [6, 6.07) is 6.70. The highest BCUT2D eigenvalue weighted by molar-refractivity contribution is 9.10. The standard InChI is InChI=1S/C15H13BrF2O3/c1-20-12-5-3-4-10(17)14(12)15(19)8-6-9(16)11(18)7-13(8)21-2/h3-7,15,19H,1-2H3. The van der Waals surface area contributed by atoms with E-state index in [2.05, 4.69) is 15.9 Å².